The molecule has 0 saturated heterocycles. The van der Waals surface area contributed by atoms with E-state index in [1.165, 1.54) is 0 Å². The topological polar surface area (TPSA) is 46.5 Å². The Labute approximate surface area is 119 Å². The number of hydrogen-bond acceptors (Lipinski definition) is 2. The Bertz CT molecular complexity index is 604. The molecular formula is C17H20O3. The number of aliphatic carboxylic acids is 1. The van der Waals surface area contributed by atoms with E-state index in [1.54, 1.807) is 6.92 Å². The van der Waals surface area contributed by atoms with Crippen LogP contribution in [0.15, 0.2) is 36.4 Å². The highest BCUT2D eigenvalue weighted by Crippen LogP contribution is 2.25. The van der Waals surface area contributed by atoms with Crippen LogP contribution in [0.5, 0.6) is 5.75 Å². The van der Waals surface area contributed by atoms with Crippen molar-refractivity contribution in [1.82, 2.24) is 0 Å². The molecule has 3 nitrogen and oxygen atoms in total. The zero-order valence-corrected chi connectivity index (χ0v) is 11.9. The van der Waals surface area contributed by atoms with E-state index in [0.717, 1.165) is 41.5 Å². The van der Waals surface area contributed by atoms with Gasteiger partial charge in [-0.2, -0.15) is 0 Å². The molecule has 0 saturated carbocycles. The van der Waals surface area contributed by atoms with Gasteiger partial charge in [0.1, 0.15) is 5.75 Å². The van der Waals surface area contributed by atoms with Crippen LogP contribution >= 0.6 is 0 Å². The van der Waals surface area contributed by atoms with Crippen LogP contribution in [0.4, 0.5) is 0 Å². The Morgan fingerprint density at radius 3 is 2.60 bits per heavy atom. The van der Waals surface area contributed by atoms with Gasteiger partial charge in [0.2, 0.25) is 0 Å². The van der Waals surface area contributed by atoms with E-state index in [9.17, 15) is 4.79 Å². The summed E-state index contributed by atoms with van der Waals surface area (Å²) in [4.78, 5) is 11.0. The van der Waals surface area contributed by atoms with Crippen molar-refractivity contribution in [2.75, 3.05) is 6.61 Å². The second kappa shape index (κ2) is 6.42. The smallest absolute Gasteiger partial charge is 0.310 e. The highest BCUT2D eigenvalue weighted by atomic mass is 16.5. The first-order valence-corrected chi connectivity index (χ1v) is 7.01. The van der Waals surface area contributed by atoms with E-state index >= 15 is 0 Å². The normalized spacial score (nSPS) is 12.3. The molecule has 0 spiro atoms. The number of fused-ring (bicyclic) bond motifs is 1. The third kappa shape index (κ3) is 3.29. The number of carboxylic acids is 1. The van der Waals surface area contributed by atoms with Gasteiger partial charge < -0.3 is 9.84 Å². The number of benzene rings is 2. The average Bonchev–Trinajstić information content (AvgIpc) is 2.46. The van der Waals surface area contributed by atoms with Gasteiger partial charge in [-0.25, -0.2) is 0 Å². The Kier molecular flexibility index (Phi) is 4.61. The van der Waals surface area contributed by atoms with Crippen molar-refractivity contribution in [3.8, 4) is 5.75 Å². The van der Waals surface area contributed by atoms with Crippen molar-refractivity contribution >= 4 is 16.7 Å². The van der Waals surface area contributed by atoms with E-state index in [4.69, 9.17) is 9.84 Å². The molecule has 2 aromatic carbocycles. The van der Waals surface area contributed by atoms with Gasteiger partial charge in [0.25, 0.3) is 0 Å². The summed E-state index contributed by atoms with van der Waals surface area (Å²) in [6, 6.07) is 11.7. The van der Waals surface area contributed by atoms with E-state index in [2.05, 4.69) is 6.92 Å². The first-order valence-electron chi connectivity index (χ1n) is 7.01. The zero-order valence-electron chi connectivity index (χ0n) is 11.9. The predicted octanol–water partition coefficient (Wildman–Crippen LogP) is 4.21. The predicted molar refractivity (Wildman–Crippen MR) is 80.4 cm³/mol. The van der Waals surface area contributed by atoms with E-state index in [1.807, 2.05) is 36.4 Å². The van der Waals surface area contributed by atoms with E-state index in [0.29, 0.717) is 0 Å². The van der Waals surface area contributed by atoms with Crippen LogP contribution < -0.4 is 4.74 Å². The molecule has 2 aromatic rings. The number of hydrogen-bond donors (Lipinski definition) is 1. The van der Waals surface area contributed by atoms with Crippen LogP contribution in [0.25, 0.3) is 10.8 Å². The molecule has 3 heteroatoms. The Hall–Kier alpha value is -2.03. The van der Waals surface area contributed by atoms with Crippen molar-refractivity contribution in [1.29, 1.82) is 0 Å². The lowest BCUT2D eigenvalue weighted by atomic mass is 9.98. The summed E-state index contributed by atoms with van der Waals surface area (Å²) >= 11 is 0. The van der Waals surface area contributed by atoms with Crippen molar-refractivity contribution in [3.63, 3.8) is 0 Å². The highest BCUT2D eigenvalue weighted by molar-refractivity contribution is 5.86. The Morgan fingerprint density at radius 2 is 1.90 bits per heavy atom. The maximum Gasteiger partial charge on any atom is 0.310 e. The van der Waals surface area contributed by atoms with Gasteiger partial charge >= 0.3 is 5.97 Å². The second-order valence-electron chi connectivity index (χ2n) is 5.03. The van der Waals surface area contributed by atoms with E-state index in [-0.39, 0.29) is 0 Å². The van der Waals surface area contributed by atoms with E-state index < -0.39 is 11.9 Å². The Balaban J connectivity index is 2.23. The number of unbranched alkanes of at least 4 members (excludes halogenated alkanes) is 1. The molecule has 20 heavy (non-hydrogen) atoms. The molecule has 1 N–H and O–H groups in total. The lowest BCUT2D eigenvalue weighted by Crippen LogP contribution is -2.07. The van der Waals surface area contributed by atoms with Crippen LogP contribution in [-0.2, 0) is 4.79 Å². The molecule has 0 bridgehead atoms. The SMILES string of the molecule is CCCCOc1ccc2cc([C@H](C)C(=O)O)ccc2c1. The molecule has 0 amide bonds. The summed E-state index contributed by atoms with van der Waals surface area (Å²) < 4.78 is 5.68. The number of carbonyl (C=O) groups is 1. The quantitative estimate of drug-likeness (QED) is 0.801. The average molecular weight is 272 g/mol. The van der Waals surface area contributed by atoms with Gasteiger partial charge in [-0.15, -0.1) is 0 Å². The standard InChI is InChI=1S/C17H20O3/c1-3-4-9-20-16-8-7-14-10-13(12(2)17(18)19)5-6-15(14)11-16/h5-8,10-12H,3-4,9H2,1-2H3,(H,18,19)/t12-/m0/s1. The molecule has 0 aliphatic heterocycles. The third-order valence-corrected chi connectivity index (χ3v) is 3.47. The maximum atomic E-state index is 11.0. The minimum absolute atomic E-state index is 0.486. The lowest BCUT2D eigenvalue weighted by Gasteiger charge is -2.10. The number of rotatable bonds is 6. The molecule has 0 aliphatic carbocycles. The molecule has 106 valence electrons. The van der Waals surface area contributed by atoms with Crippen LogP contribution in [-0.4, -0.2) is 17.7 Å². The van der Waals surface area contributed by atoms with Gasteiger partial charge in [0.05, 0.1) is 12.5 Å². The summed E-state index contributed by atoms with van der Waals surface area (Å²) in [5, 5.41) is 11.2. The van der Waals surface area contributed by atoms with Gasteiger partial charge in [-0.05, 0) is 41.8 Å². The second-order valence-corrected chi connectivity index (χ2v) is 5.03. The van der Waals surface area contributed by atoms with Crippen molar-refractivity contribution in [2.24, 2.45) is 0 Å². The van der Waals surface area contributed by atoms with Crippen LogP contribution in [0.2, 0.25) is 0 Å². The molecule has 0 unspecified atom stereocenters. The summed E-state index contributed by atoms with van der Waals surface area (Å²) in [6.45, 7) is 4.57. The first kappa shape index (κ1) is 14.4. The molecule has 0 fully saturated rings. The fraction of sp³-hybridized carbons (Fsp3) is 0.353. The number of carboxylic acid groups (broad SMARTS) is 1. The fourth-order valence-corrected chi connectivity index (χ4v) is 2.08. The summed E-state index contributed by atoms with van der Waals surface area (Å²) in [6.07, 6.45) is 2.16. The summed E-state index contributed by atoms with van der Waals surface area (Å²) in [5.41, 5.74) is 0.824. The molecular weight excluding hydrogens is 252 g/mol. The van der Waals surface area contributed by atoms with Crippen LogP contribution in [0.3, 0.4) is 0 Å². The minimum atomic E-state index is -0.802. The molecule has 0 heterocycles. The van der Waals surface area contributed by atoms with Crippen molar-refractivity contribution in [3.05, 3.63) is 42.0 Å². The molecule has 0 radical (unpaired) electrons. The molecule has 0 aromatic heterocycles. The molecule has 1 atom stereocenters. The van der Waals surface area contributed by atoms with Gasteiger partial charge in [0, 0.05) is 0 Å². The first-order chi connectivity index (χ1) is 9.61. The van der Waals surface area contributed by atoms with Crippen molar-refractivity contribution < 1.29 is 14.6 Å². The molecule has 2 rings (SSSR count). The fourth-order valence-electron chi connectivity index (χ4n) is 2.08. The lowest BCUT2D eigenvalue weighted by molar-refractivity contribution is -0.138. The summed E-state index contributed by atoms with van der Waals surface area (Å²) in [5.74, 6) is -0.422. The van der Waals surface area contributed by atoms with Crippen LogP contribution in [0, 0.1) is 0 Å². The van der Waals surface area contributed by atoms with Gasteiger partial charge in [-0.1, -0.05) is 37.6 Å². The maximum absolute atomic E-state index is 11.0. The monoisotopic (exact) mass is 272 g/mol. The minimum Gasteiger partial charge on any atom is -0.494 e. The molecule has 0 aliphatic rings. The van der Waals surface area contributed by atoms with Crippen molar-refractivity contribution in [2.45, 2.75) is 32.6 Å². The Morgan fingerprint density at radius 1 is 1.20 bits per heavy atom. The third-order valence-electron chi connectivity index (χ3n) is 3.47. The van der Waals surface area contributed by atoms with Crippen LogP contribution in [0.1, 0.15) is 38.2 Å². The highest BCUT2D eigenvalue weighted by Gasteiger charge is 2.13. The number of ether oxygens (including phenoxy) is 1. The largest absolute Gasteiger partial charge is 0.494 e. The van der Waals surface area contributed by atoms with Gasteiger partial charge in [-0.3, -0.25) is 4.79 Å². The summed E-state index contributed by atoms with van der Waals surface area (Å²) in [7, 11) is 0. The van der Waals surface area contributed by atoms with Gasteiger partial charge in [0.15, 0.2) is 0 Å². The zero-order chi connectivity index (χ0) is 14.5.